The smallest absolute Gasteiger partial charge is 0.227 e. The molecule has 5 nitrogen and oxygen atoms in total. The molecular formula is C18H27ClN2O3. The van der Waals surface area contributed by atoms with Gasteiger partial charge in [0.05, 0.1) is 26.2 Å². The van der Waals surface area contributed by atoms with Crippen molar-refractivity contribution in [3.8, 4) is 11.5 Å². The zero-order chi connectivity index (χ0) is 16.2. The number of nitrogens with one attached hydrogen (secondary N) is 1. The van der Waals surface area contributed by atoms with E-state index in [1.165, 1.54) is 0 Å². The van der Waals surface area contributed by atoms with Gasteiger partial charge in [-0.1, -0.05) is 6.07 Å². The summed E-state index contributed by atoms with van der Waals surface area (Å²) < 4.78 is 10.7. The molecule has 6 heteroatoms. The van der Waals surface area contributed by atoms with Crippen LogP contribution in [0.15, 0.2) is 18.2 Å². The van der Waals surface area contributed by atoms with Gasteiger partial charge in [0.1, 0.15) is 0 Å². The summed E-state index contributed by atoms with van der Waals surface area (Å²) in [5.41, 5.74) is 1.14. The number of carbonyl (C=O) groups excluding carboxylic acids is 1. The van der Waals surface area contributed by atoms with E-state index in [4.69, 9.17) is 9.47 Å². The third-order valence-corrected chi connectivity index (χ3v) is 4.97. The number of methoxy groups -OCH3 is 2. The van der Waals surface area contributed by atoms with Gasteiger partial charge in [-0.15, -0.1) is 12.4 Å². The largest absolute Gasteiger partial charge is 0.493 e. The van der Waals surface area contributed by atoms with Crippen LogP contribution < -0.4 is 14.8 Å². The Morgan fingerprint density at radius 1 is 1.17 bits per heavy atom. The van der Waals surface area contributed by atoms with Crippen LogP contribution in [0.1, 0.15) is 37.3 Å². The molecule has 3 rings (SSSR count). The number of likely N-dealkylation sites (tertiary alicyclic amines) is 1. The Balaban J connectivity index is 0.00000208. The van der Waals surface area contributed by atoms with E-state index in [1.54, 1.807) is 14.2 Å². The van der Waals surface area contributed by atoms with Gasteiger partial charge in [-0.3, -0.25) is 4.79 Å². The fourth-order valence-corrected chi connectivity index (χ4v) is 3.73. The molecule has 2 atom stereocenters. The van der Waals surface area contributed by atoms with Crippen molar-refractivity contribution < 1.29 is 14.3 Å². The van der Waals surface area contributed by atoms with Gasteiger partial charge in [-0.2, -0.15) is 0 Å². The van der Waals surface area contributed by atoms with Crippen molar-refractivity contribution in [2.45, 2.75) is 31.7 Å². The Morgan fingerprint density at radius 2 is 1.96 bits per heavy atom. The lowest BCUT2D eigenvalue weighted by molar-refractivity contribution is -0.137. The highest BCUT2D eigenvalue weighted by Gasteiger charge is 2.34. The van der Waals surface area contributed by atoms with Gasteiger partial charge in [-0.05, 0) is 49.9 Å². The van der Waals surface area contributed by atoms with Crippen molar-refractivity contribution in [3.05, 3.63) is 23.8 Å². The van der Waals surface area contributed by atoms with E-state index in [0.29, 0.717) is 5.91 Å². The lowest BCUT2D eigenvalue weighted by Gasteiger charge is -2.31. The summed E-state index contributed by atoms with van der Waals surface area (Å²) in [4.78, 5) is 15.0. The molecule has 0 aliphatic carbocycles. The summed E-state index contributed by atoms with van der Waals surface area (Å²) in [5.74, 6) is 1.88. The number of amides is 1. The minimum absolute atomic E-state index is 0. The van der Waals surface area contributed by atoms with Crippen LogP contribution in [-0.2, 0) is 4.79 Å². The number of hydrogen-bond acceptors (Lipinski definition) is 4. The van der Waals surface area contributed by atoms with E-state index in [2.05, 4.69) is 16.3 Å². The van der Waals surface area contributed by atoms with E-state index in [-0.39, 0.29) is 24.4 Å². The minimum Gasteiger partial charge on any atom is -0.493 e. The number of hydrogen-bond donors (Lipinski definition) is 1. The Hall–Kier alpha value is -1.46. The first-order chi connectivity index (χ1) is 11.2. The van der Waals surface area contributed by atoms with E-state index in [0.717, 1.165) is 62.4 Å². The van der Waals surface area contributed by atoms with Crippen molar-refractivity contribution in [1.82, 2.24) is 10.2 Å². The maximum Gasteiger partial charge on any atom is 0.227 e. The Labute approximate surface area is 150 Å². The quantitative estimate of drug-likeness (QED) is 0.903. The van der Waals surface area contributed by atoms with Crippen LogP contribution in [0, 0.1) is 5.92 Å². The van der Waals surface area contributed by atoms with E-state index in [1.807, 2.05) is 12.1 Å². The van der Waals surface area contributed by atoms with Gasteiger partial charge < -0.3 is 19.7 Å². The predicted molar refractivity (Wildman–Crippen MR) is 96.1 cm³/mol. The van der Waals surface area contributed by atoms with E-state index in [9.17, 15) is 4.79 Å². The molecule has 24 heavy (non-hydrogen) atoms. The van der Waals surface area contributed by atoms with Gasteiger partial charge in [0.25, 0.3) is 0 Å². The van der Waals surface area contributed by atoms with Crippen LogP contribution in [0.25, 0.3) is 0 Å². The standard InChI is InChI=1S/C18H26N2O3.ClH/c1-22-16-8-7-13(11-17(16)23-2)15-6-4-10-20(15)18(21)14-5-3-9-19-12-14;/h7-8,11,14-15,19H,3-6,9-10,12H2,1-2H3;1H. The van der Waals surface area contributed by atoms with Gasteiger partial charge in [-0.25, -0.2) is 0 Å². The topological polar surface area (TPSA) is 50.8 Å². The van der Waals surface area contributed by atoms with Crippen LogP contribution in [-0.4, -0.2) is 44.7 Å². The number of benzene rings is 1. The third kappa shape index (κ3) is 3.78. The van der Waals surface area contributed by atoms with Crippen LogP contribution in [0.5, 0.6) is 11.5 Å². The highest BCUT2D eigenvalue weighted by Crippen LogP contribution is 2.37. The number of carbonyl (C=O) groups is 1. The molecule has 0 aromatic heterocycles. The van der Waals surface area contributed by atoms with Crippen molar-refractivity contribution >= 4 is 18.3 Å². The lowest BCUT2D eigenvalue weighted by atomic mass is 9.96. The molecule has 2 fully saturated rings. The molecule has 0 bridgehead atoms. The predicted octanol–water partition coefficient (Wildman–Crippen LogP) is 2.79. The molecule has 2 aliphatic heterocycles. The average Bonchev–Trinajstić information content (AvgIpc) is 3.10. The molecule has 2 unspecified atom stereocenters. The molecule has 1 aromatic carbocycles. The van der Waals surface area contributed by atoms with Crippen molar-refractivity contribution in [1.29, 1.82) is 0 Å². The number of rotatable bonds is 4. The minimum atomic E-state index is 0. The molecule has 0 saturated carbocycles. The summed E-state index contributed by atoms with van der Waals surface area (Å²) in [6, 6.07) is 6.15. The van der Waals surface area contributed by atoms with Gasteiger partial charge in [0, 0.05) is 13.1 Å². The van der Waals surface area contributed by atoms with Crippen LogP contribution in [0.3, 0.4) is 0 Å². The van der Waals surface area contributed by atoms with Crippen molar-refractivity contribution in [2.24, 2.45) is 5.92 Å². The third-order valence-electron chi connectivity index (χ3n) is 4.97. The van der Waals surface area contributed by atoms with Crippen molar-refractivity contribution in [2.75, 3.05) is 33.9 Å². The molecule has 1 aromatic rings. The lowest BCUT2D eigenvalue weighted by Crippen LogP contribution is -2.42. The Bertz CT molecular complexity index is 561. The molecule has 1 amide bonds. The summed E-state index contributed by atoms with van der Waals surface area (Å²) in [6.45, 7) is 2.70. The van der Waals surface area contributed by atoms with Crippen LogP contribution in [0.2, 0.25) is 0 Å². The molecule has 134 valence electrons. The maximum absolute atomic E-state index is 12.9. The van der Waals surface area contributed by atoms with Crippen molar-refractivity contribution in [3.63, 3.8) is 0 Å². The summed E-state index contributed by atoms with van der Waals surface area (Å²) >= 11 is 0. The van der Waals surface area contributed by atoms with Gasteiger partial charge >= 0.3 is 0 Å². The molecule has 2 saturated heterocycles. The molecule has 1 N–H and O–H groups in total. The number of ether oxygens (including phenoxy) is 2. The van der Waals surface area contributed by atoms with Crippen LogP contribution >= 0.6 is 12.4 Å². The second-order valence-corrected chi connectivity index (χ2v) is 6.35. The number of nitrogens with zero attached hydrogens (tertiary/aromatic N) is 1. The summed E-state index contributed by atoms with van der Waals surface area (Å²) in [6.07, 6.45) is 4.17. The maximum atomic E-state index is 12.9. The molecule has 2 aliphatic rings. The highest BCUT2D eigenvalue weighted by molar-refractivity contribution is 5.85. The normalized spacial score (nSPS) is 23.5. The first-order valence-electron chi connectivity index (χ1n) is 8.47. The zero-order valence-electron chi connectivity index (χ0n) is 14.4. The van der Waals surface area contributed by atoms with Gasteiger partial charge in [0.15, 0.2) is 11.5 Å². The molecule has 2 heterocycles. The molecule has 0 spiro atoms. The molecular weight excluding hydrogens is 328 g/mol. The summed E-state index contributed by atoms with van der Waals surface area (Å²) in [5, 5.41) is 3.34. The van der Waals surface area contributed by atoms with Crippen LogP contribution in [0.4, 0.5) is 0 Å². The second-order valence-electron chi connectivity index (χ2n) is 6.35. The first-order valence-corrected chi connectivity index (χ1v) is 8.47. The zero-order valence-corrected chi connectivity index (χ0v) is 15.2. The SMILES string of the molecule is COc1ccc(C2CCCN2C(=O)C2CCCNC2)cc1OC.Cl. The van der Waals surface area contributed by atoms with E-state index >= 15 is 0 Å². The Kier molecular flexibility index (Phi) is 6.75. The fourth-order valence-electron chi connectivity index (χ4n) is 3.73. The van der Waals surface area contributed by atoms with Gasteiger partial charge in [0.2, 0.25) is 5.91 Å². The second kappa shape index (κ2) is 8.58. The number of piperidine rings is 1. The fraction of sp³-hybridized carbons (Fsp3) is 0.611. The average molecular weight is 355 g/mol. The number of halogens is 1. The monoisotopic (exact) mass is 354 g/mol. The molecule has 0 radical (unpaired) electrons. The summed E-state index contributed by atoms with van der Waals surface area (Å²) in [7, 11) is 3.28. The Morgan fingerprint density at radius 3 is 2.62 bits per heavy atom. The first kappa shape index (κ1) is 18.9. The van der Waals surface area contributed by atoms with E-state index < -0.39 is 0 Å². The highest BCUT2D eigenvalue weighted by atomic mass is 35.5.